The summed E-state index contributed by atoms with van der Waals surface area (Å²) in [6.07, 6.45) is 1.98. The maximum Gasteiger partial charge on any atom is 0.240 e. The van der Waals surface area contributed by atoms with Crippen molar-refractivity contribution >= 4 is 15.9 Å². The van der Waals surface area contributed by atoms with E-state index in [0.717, 1.165) is 25.9 Å². The molecule has 1 aliphatic rings. The summed E-state index contributed by atoms with van der Waals surface area (Å²) >= 11 is 0. The molecule has 1 aromatic heterocycles. The highest BCUT2D eigenvalue weighted by Crippen LogP contribution is 2.23. The van der Waals surface area contributed by atoms with Crippen molar-refractivity contribution in [3.8, 4) is 11.4 Å². The predicted octanol–water partition coefficient (Wildman–Crippen LogP) is 0.437. The molecule has 1 fully saturated rings. The lowest BCUT2D eigenvalue weighted by Gasteiger charge is -2.22. The van der Waals surface area contributed by atoms with Crippen LogP contribution in [0.25, 0.3) is 11.4 Å². The van der Waals surface area contributed by atoms with Gasteiger partial charge in [0.05, 0.1) is 16.9 Å². The molecule has 2 heterocycles. The van der Waals surface area contributed by atoms with Crippen molar-refractivity contribution in [2.75, 3.05) is 13.1 Å². The van der Waals surface area contributed by atoms with Crippen LogP contribution >= 0.6 is 0 Å². The van der Waals surface area contributed by atoms with Crippen molar-refractivity contribution in [1.82, 2.24) is 15.0 Å². The second-order valence-electron chi connectivity index (χ2n) is 6.37. The number of aromatic nitrogens is 2. The van der Waals surface area contributed by atoms with Crippen molar-refractivity contribution in [3.05, 3.63) is 30.2 Å². The zero-order chi connectivity index (χ0) is 18.9. The standard InChI is InChI=1S/C16H21N5O4S/c1-10(13(17)16(22)21-8-2-3-9-21)15-19-14(20-25-15)11-4-6-12(7-5-11)26(18,23)24/h4-7,10,13H,2-3,8-9,17H2,1H3,(H2,18,23,24)/t10-,13-/m0/s1. The molecule has 26 heavy (non-hydrogen) atoms. The first kappa shape index (κ1) is 18.5. The van der Waals surface area contributed by atoms with Gasteiger partial charge in [0.2, 0.25) is 27.6 Å². The molecule has 0 radical (unpaired) electrons. The van der Waals surface area contributed by atoms with E-state index in [1.165, 1.54) is 24.3 Å². The zero-order valence-electron chi connectivity index (χ0n) is 14.3. The third-order valence-corrected chi connectivity index (χ3v) is 5.44. The van der Waals surface area contributed by atoms with Gasteiger partial charge in [-0.1, -0.05) is 12.1 Å². The molecule has 9 nitrogen and oxygen atoms in total. The highest BCUT2D eigenvalue weighted by Gasteiger charge is 2.31. The minimum Gasteiger partial charge on any atom is -0.341 e. The van der Waals surface area contributed by atoms with Crippen LogP contribution in [0.4, 0.5) is 0 Å². The Morgan fingerprint density at radius 3 is 2.42 bits per heavy atom. The molecule has 0 saturated carbocycles. The number of sulfonamides is 1. The van der Waals surface area contributed by atoms with E-state index in [2.05, 4.69) is 10.1 Å². The van der Waals surface area contributed by atoms with Gasteiger partial charge < -0.3 is 15.2 Å². The minimum absolute atomic E-state index is 0.00318. The average molecular weight is 379 g/mol. The van der Waals surface area contributed by atoms with Crippen LogP contribution in [-0.2, 0) is 14.8 Å². The Morgan fingerprint density at radius 1 is 1.23 bits per heavy atom. The molecule has 3 rings (SSSR count). The van der Waals surface area contributed by atoms with Crippen LogP contribution in [0.15, 0.2) is 33.7 Å². The van der Waals surface area contributed by atoms with Crippen molar-refractivity contribution in [3.63, 3.8) is 0 Å². The zero-order valence-corrected chi connectivity index (χ0v) is 15.1. The summed E-state index contributed by atoms with van der Waals surface area (Å²) < 4.78 is 27.9. The molecule has 0 spiro atoms. The van der Waals surface area contributed by atoms with E-state index in [1.807, 2.05) is 0 Å². The molecular weight excluding hydrogens is 358 g/mol. The van der Waals surface area contributed by atoms with Crippen LogP contribution in [0, 0.1) is 0 Å². The number of nitrogens with two attached hydrogens (primary N) is 2. The first-order chi connectivity index (χ1) is 12.3. The van der Waals surface area contributed by atoms with E-state index >= 15 is 0 Å². The van der Waals surface area contributed by atoms with Gasteiger partial charge in [-0.2, -0.15) is 4.98 Å². The molecule has 0 bridgehead atoms. The molecule has 1 aliphatic heterocycles. The fourth-order valence-electron chi connectivity index (χ4n) is 2.85. The summed E-state index contributed by atoms with van der Waals surface area (Å²) in [6, 6.07) is 5.05. The van der Waals surface area contributed by atoms with E-state index in [0.29, 0.717) is 5.56 Å². The van der Waals surface area contributed by atoms with Crippen LogP contribution in [0.2, 0.25) is 0 Å². The summed E-state index contributed by atoms with van der Waals surface area (Å²) in [7, 11) is -3.76. The van der Waals surface area contributed by atoms with Crippen LogP contribution in [-0.4, -0.2) is 48.5 Å². The molecule has 4 N–H and O–H groups in total. The Morgan fingerprint density at radius 2 is 1.85 bits per heavy atom. The number of carbonyl (C=O) groups is 1. The Bertz CT molecular complexity index is 888. The third kappa shape index (κ3) is 3.76. The maximum atomic E-state index is 12.4. The fourth-order valence-corrected chi connectivity index (χ4v) is 3.36. The number of nitrogens with zero attached hydrogens (tertiary/aromatic N) is 3. The summed E-state index contributed by atoms with van der Waals surface area (Å²) in [4.78, 5) is 18.5. The summed E-state index contributed by atoms with van der Waals surface area (Å²) in [6.45, 7) is 3.22. The number of primary sulfonamides is 1. The van der Waals surface area contributed by atoms with E-state index in [-0.39, 0.29) is 22.5 Å². The summed E-state index contributed by atoms with van der Waals surface area (Å²) in [5.41, 5.74) is 6.66. The molecule has 0 aliphatic carbocycles. The van der Waals surface area contributed by atoms with E-state index < -0.39 is 22.0 Å². The van der Waals surface area contributed by atoms with Gasteiger partial charge in [0.25, 0.3) is 0 Å². The molecule has 2 atom stereocenters. The Hall–Kier alpha value is -2.30. The van der Waals surface area contributed by atoms with Gasteiger partial charge in [0.15, 0.2) is 0 Å². The smallest absolute Gasteiger partial charge is 0.240 e. The van der Waals surface area contributed by atoms with Crippen LogP contribution in [0.5, 0.6) is 0 Å². The largest absolute Gasteiger partial charge is 0.341 e. The monoisotopic (exact) mass is 379 g/mol. The normalized spacial score (nSPS) is 17.3. The van der Waals surface area contributed by atoms with E-state index in [1.54, 1.807) is 11.8 Å². The van der Waals surface area contributed by atoms with Crippen LogP contribution in [0.3, 0.4) is 0 Å². The second kappa shape index (κ2) is 7.14. The van der Waals surface area contributed by atoms with E-state index in [9.17, 15) is 13.2 Å². The first-order valence-corrected chi connectivity index (χ1v) is 9.83. The minimum atomic E-state index is -3.76. The number of hydrogen-bond donors (Lipinski definition) is 2. The predicted molar refractivity (Wildman–Crippen MR) is 93.3 cm³/mol. The molecular formula is C16H21N5O4S. The first-order valence-electron chi connectivity index (χ1n) is 8.28. The van der Waals surface area contributed by atoms with Crippen LogP contribution < -0.4 is 10.9 Å². The third-order valence-electron chi connectivity index (χ3n) is 4.51. The molecule has 0 unspecified atom stereocenters. The Balaban J connectivity index is 1.75. The van der Waals surface area contributed by atoms with Gasteiger partial charge in [-0.25, -0.2) is 13.6 Å². The Kier molecular flexibility index (Phi) is 5.08. The van der Waals surface area contributed by atoms with Gasteiger partial charge >= 0.3 is 0 Å². The number of rotatable bonds is 5. The molecule has 2 aromatic rings. The number of likely N-dealkylation sites (tertiary alicyclic amines) is 1. The van der Waals surface area contributed by atoms with Crippen molar-refractivity contribution in [1.29, 1.82) is 0 Å². The van der Waals surface area contributed by atoms with Gasteiger partial charge in [-0.15, -0.1) is 0 Å². The fraction of sp³-hybridized carbons (Fsp3) is 0.438. The number of amides is 1. The molecule has 1 aromatic carbocycles. The van der Waals surface area contributed by atoms with Gasteiger partial charge in [0, 0.05) is 18.7 Å². The molecule has 140 valence electrons. The van der Waals surface area contributed by atoms with Crippen molar-refractivity contribution in [2.24, 2.45) is 10.9 Å². The lowest BCUT2D eigenvalue weighted by atomic mass is 10.0. The molecule has 1 saturated heterocycles. The summed E-state index contributed by atoms with van der Waals surface area (Å²) in [5, 5.41) is 8.97. The van der Waals surface area contributed by atoms with Gasteiger partial charge in [0.1, 0.15) is 0 Å². The molecule has 10 heteroatoms. The van der Waals surface area contributed by atoms with E-state index in [4.69, 9.17) is 15.4 Å². The number of carbonyl (C=O) groups excluding carboxylic acids is 1. The van der Waals surface area contributed by atoms with Crippen molar-refractivity contribution in [2.45, 2.75) is 36.6 Å². The molecule has 1 amide bonds. The number of benzene rings is 1. The van der Waals surface area contributed by atoms with Crippen LogP contribution in [0.1, 0.15) is 31.6 Å². The average Bonchev–Trinajstić information content (AvgIpc) is 3.31. The lowest BCUT2D eigenvalue weighted by molar-refractivity contribution is -0.132. The quantitative estimate of drug-likeness (QED) is 0.766. The van der Waals surface area contributed by atoms with Gasteiger partial charge in [-0.05, 0) is 37.1 Å². The SMILES string of the molecule is C[C@H](c1nc(-c2ccc(S(N)(=O)=O)cc2)no1)[C@H](N)C(=O)N1CCCC1. The highest BCUT2D eigenvalue weighted by molar-refractivity contribution is 7.89. The maximum absolute atomic E-state index is 12.4. The lowest BCUT2D eigenvalue weighted by Crippen LogP contribution is -2.45. The summed E-state index contributed by atoms with van der Waals surface area (Å²) in [5.74, 6) is -0.00971. The van der Waals surface area contributed by atoms with Crippen molar-refractivity contribution < 1.29 is 17.7 Å². The second-order valence-corrected chi connectivity index (χ2v) is 7.93. The van der Waals surface area contributed by atoms with Gasteiger partial charge in [-0.3, -0.25) is 4.79 Å². The highest BCUT2D eigenvalue weighted by atomic mass is 32.2. The number of hydrogen-bond acceptors (Lipinski definition) is 7. The Labute approximate surface area is 151 Å². The topological polar surface area (TPSA) is 145 Å².